The summed E-state index contributed by atoms with van der Waals surface area (Å²) in [6.07, 6.45) is 0. The highest BCUT2D eigenvalue weighted by molar-refractivity contribution is 7.28. The number of halogens is 1. The van der Waals surface area contributed by atoms with Gasteiger partial charge < -0.3 is 0 Å². The zero-order chi connectivity index (χ0) is 6.85. The van der Waals surface area contributed by atoms with Crippen molar-refractivity contribution in [2.75, 3.05) is 0 Å². The van der Waals surface area contributed by atoms with E-state index < -0.39 is 0 Å². The van der Waals surface area contributed by atoms with Crippen LogP contribution in [0.2, 0.25) is 5.02 Å². The van der Waals surface area contributed by atoms with Crippen LogP contribution in [0, 0.1) is 13.8 Å². The minimum atomic E-state index is 0.911. The monoisotopic (exact) mass is 158 g/mol. The Kier molecular flexibility index (Phi) is 2.10. The maximum Gasteiger partial charge on any atom is 0.0471 e. The van der Waals surface area contributed by atoms with Crippen molar-refractivity contribution in [2.45, 2.75) is 13.8 Å². The zero-order valence-corrected chi connectivity index (χ0v) is 7.13. The first-order chi connectivity index (χ1) is 4.22. The van der Waals surface area contributed by atoms with E-state index in [4.69, 9.17) is 11.6 Å². The molecule has 0 unspecified atom stereocenters. The first kappa shape index (κ1) is 7.05. The molecule has 0 radical (unpaired) electrons. The lowest BCUT2D eigenvalue weighted by atomic mass is 10.3. The lowest BCUT2D eigenvalue weighted by Crippen LogP contribution is -1.74. The first-order valence-corrected chi connectivity index (χ1v) is 4.19. The Bertz CT molecular complexity index is 200. The molecular formula is C7H8ClP. The Morgan fingerprint density at radius 1 is 1.22 bits per heavy atom. The van der Waals surface area contributed by atoms with Crippen LogP contribution >= 0.6 is 19.8 Å². The molecule has 0 N–H and O–H groups in total. The number of hydrogen-bond donors (Lipinski definition) is 0. The molecule has 0 aromatic carbocycles. The Labute approximate surface area is 62.0 Å². The molecule has 0 aliphatic carbocycles. The second kappa shape index (κ2) is 2.68. The van der Waals surface area contributed by atoms with E-state index in [1.807, 2.05) is 13.8 Å². The van der Waals surface area contributed by atoms with Gasteiger partial charge in [0.05, 0.1) is 0 Å². The highest BCUT2D eigenvalue weighted by Gasteiger charge is 1.95. The lowest BCUT2D eigenvalue weighted by molar-refractivity contribution is 1.44. The van der Waals surface area contributed by atoms with E-state index in [2.05, 4.69) is 11.6 Å². The Morgan fingerprint density at radius 3 is 2.00 bits per heavy atom. The third kappa shape index (κ3) is 1.44. The second-order valence-corrected chi connectivity index (χ2v) is 3.28. The molecule has 0 bridgehead atoms. The molecule has 9 heavy (non-hydrogen) atoms. The normalized spacial score (nSPS) is 9.67. The largest absolute Gasteiger partial charge is 0.0837 e. The van der Waals surface area contributed by atoms with Gasteiger partial charge in [0.2, 0.25) is 0 Å². The van der Waals surface area contributed by atoms with Crippen LogP contribution in [-0.4, -0.2) is 0 Å². The molecule has 48 valence electrons. The summed E-state index contributed by atoms with van der Waals surface area (Å²) < 4.78 is 0. The van der Waals surface area contributed by atoms with E-state index in [-0.39, 0.29) is 0 Å². The highest BCUT2D eigenvalue weighted by atomic mass is 35.5. The Balaban J connectivity index is 3.25. The predicted octanol–water partition coefficient (Wildman–Crippen LogP) is 3.54. The van der Waals surface area contributed by atoms with Gasteiger partial charge in [-0.05, 0) is 36.6 Å². The molecule has 1 heterocycles. The van der Waals surface area contributed by atoms with Crippen LogP contribution in [0.15, 0.2) is 11.6 Å². The van der Waals surface area contributed by atoms with Gasteiger partial charge in [0.25, 0.3) is 0 Å². The molecular weight excluding hydrogens is 151 g/mol. The highest BCUT2D eigenvalue weighted by Crippen LogP contribution is 2.23. The van der Waals surface area contributed by atoms with Gasteiger partial charge in [-0.3, -0.25) is 0 Å². The third-order valence-electron chi connectivity index (χ3n) is 1.23. The fourth-order valence-corrected chi connectivity index (χ4v) is 1.73. The SMILES string of the molecule is Cc1cpcc(C)c1Cl. The van der Waals surface area contributed by atoms with E-state index in [0.29, 0.717) is 0 Å². The van der Waals surface area contributed by atoms with Crippen LogP contribution in [0.5, 0.6) is 0 Å². The molecule has 0 atom stereocenters. The summed E-state index contributed by atoms with van der Waals surface area (Å²) in [5.41, 5.74) is 2.39. The number of aryl methyl sites for hydroxylation is 2. The van der Waals surface area contributed by atoms with Crippen molar-refractivity contribution in [3.63, 3.8) is 0 Å². The summed E-state index contributed by atoms with van der Waals surface area (Å²) in [6.45, 7) is 4.07. The topological polar surface area (TPSA) is 0 Å². The molecule has 0 fully saturated rings. The average molecular weight is 159 g/mol. The van der Waals surface area contributed by atoms with Gasteiger partial charge in [0, 0.05) is 5.02 Å². The average Bonchev–Trinajstić information content (AvgIpc) is 1.83. The van der Waals surface area contributed by atoms with Crippen molar-refractivity contribution in [1.29, 1.82) is 0 Å². The maximum absolute atomic E-state index is 5.89. The number of hydrogen-bond acceptors (Lipinski definition) is 0. The summed E-state index contributed by atoms with van der Waals surface area (Å²) in [4.78, 5) is 0. The lowest BCUT2D eigenvalue weighted by Gasteiger charge is -1.97. The molecule has 0 aliphatic rings. The van der Waals surface area contributed by atoms with E-state index >= 15 is 0 Å². The molecule has 0 amide bonds. The fraction of sp³-hybridized carbons (Fsp3) is 0.286. The quantitative estimate of drug-likeness (QED) is 0.542. The molecule has 0 spiro atoms. The van der Waals surface area contributed by atoms with E-state index in [1.54, 1.807) is 0 Å². The summed E-state index contributed by atoms with van der Waals surface area (Å²) >= 11 is 5.89. The van der Waals surface area contributed by atoms with Crippen LogP contribution in [0.4, 0.5) is 0 Å². The van der Waals surface area contributed by atoms with Crippen molar-refractivity contribution in [1.82, 2.24) is 0 Å². The van der Waals surface area contributed by atoms with Crippen LogP contribution in [0.1, 0.15) is 11.1 Å². The van der Waals surface area contributed by atoms with Crippen LogP contribution in [0.3, 0.4) is 0 Å². The van der Waals surface area contributed by atoms with Gasteiger partial charge in [-0.15, -0.1) is 0 Å². The molecule has 0 nitrogen and oxygen atoms in total. The Morgan fingerprint density at radius 2 is 1.67 bits per heavy atom. The number of rotatable bonds is 0. The van der Waals surface area contributed by atoms with Crippen LogP contribution in [-0.2, 0) is 0 Å². The van der Waals surface area contributed by atoms with Gasteiger partial charge in [-0.25, -0.2) is 0 Å². The molecule has 0 saturated carbocycles. The van der Waals surface area contributed by atoms with E-state index in [0.717, 1.165) is 5.02 Å². The van der Waals surface area contributed by atoms with Crippen molar-refractivity contribution in [3.8, 4) is 0 Å². The fourth-order valence-electron chi connectivity index (χ4n) is 0.685. The van der Waals surface area contributed by atoms with Crippen molar-refractivity contribution in [3.05, 3.63) is 27.7 Å². The van der Waals surface area contributed by atoms with Gasteiger partial charge in [0.1, 0.15) is 0 Å². The van der Waals surface area contributed by atoms with Gasteiger partial charge in [0.15, 0.2) is 0 Å². The second-order valence-electron chi connectivity index (χ2n) is 2.09. The summed E-state index contributed by atoms with van der Waals surface area (Å²) in [5, 5.41) is 0.911. The van der Waals surface area contributed by atoms with E-state index in [1.165, 1.54) is 19.3 Å². The predicted molar refractivity (Wildman–Crippen MR) is 43.4 cm³/mol. The molecule has 0 aliphatic heterocycles. The van der Waals surface area contributed by atoms with Crippen LogP contribution in [0.25, 0.3) is 0 Å². The van der Waals surface area contributed by atoms with Gasteiger partial charge in [-0.1, -0.05) is 19.8 Å². The molecule has 2 heteroatoms. The first-order valence-electron chi connectivity index (χ1n) is 2.78. The van der Waals surface area contributed by atoms with Crippen molar-refractivity contribution < 1.29 is 0 Å². The summed E-state index contributed by atoms with van der Waals surface area (Å²) in [7, 11) is 1.25. The minimum Gasteiger partial charge on any atom is -0.0837 e. The summed E-state index contributed by atoms with van der Waals surface area (Å²) in [5.74, 6) is 4.21. The Hall–Kier alpha value is -0.0600. The maximum atomic E-state index is 5.89. The van der Waals surface area contributed by atoms with E-state index in [9.17, 15) is 0 Å². The minimum absolute atomic E-state index is 0.911. The van der Waals surface area contributed by atoms with Crippen molar-refractivity contribution >= 4 is 19.8 Å². The molecule has 0 saturated heterocycles. The third-order valence-corrected chi connectivity index (χ3v) is 2.90. The smallest absolute Gasteiger partial charge is 0.0471 e. The zero-order valence-electron chi connectivity index (χ0n) is 5.48. The molecule has 1 aromatic heterocycles. The molecule has 1 aromatic rings. The summed E-state index contributed by atoms with van der Waals surface area (Å²) in [6, 6.07) is 0. The van der Waals surface area contributed by atoms with Gasteiger partial charge in [-0.2, -0.15) is 0 Å². The van der Waals surface area contributed by atoms with Crippen molar-refractivity contribution in [2.24, 2.45) is 0 Å². The molecule has 1 rings (SSSR count). The van der Waals surface area contributed by atoms with Gasteiger partial charge >= 0.3 is 0 Å². The van der Waals surface area contributed by atoms with Crippen LogP contribution < -0.4 is 0 Å². The standard InChI is InChI=1S/C7H8ClP/c1-5-3-9-4-6(2)7(5)8/h3-4H,1-2H3.